The molecule has 2 rings (SSSR count). The molecule has 1 amide bonds. The normalized spacial score (nSPS) is 10.3. The van der Waals surface area contributed by atoms with E-state index in [0.717, 1.165) is 5.56 Å². The van der Waals surface area contributed by atoms with E-state index in [0.29, 0.717) is 21.4 Å². The number of halogens is 2. The van der Waals surface area contributed by atoms with Crippen LogP contribution in [0.5, 0.6) is 0 Å². The first-order valence-electron chi connectivity index (χ1n) is 5.60. The molecular formula is C14H12BrFN2O. The SMILES string of the molecule is Cc1ccc(F)cc1NC(=O)c1cc(N)ccc1Br. The lowest BCUT2D eigenvalue weighted by Gasteiger charge is -2.10. The summed E-state index contributed by atoms with van der Waals surface area (Å²) >= 11 is 3.29. The predicted molar refractivity (Wildman–Crippen MR) is 77.6 cm³/mol. The first-order valence-corrected chi connectivity index (χ1v) is 6.39. The van der Waals surface area contributed by atoms with Gasteiger partial charge in [-0.3, -0.25) is 4.79 Å². The van der Waals surface area contributed by atoms with Crippen molar-refractivity contribution in [1.29, 1.82) is 0 Å². The molecule has 0 radical (unpaired) electrons. The summed E-state index contributed by atoms with van der Waals surface area (Å²) in [6, 6.07) is 9.19. The number of nitrogens with two attached hydrogens (primary N) is 1. The van der Waals surface area contributed by atoms with E-state index in [1.165, 1.54) is 12.1 Å². The van der Waals surface area contributed by atoms with Gasteiger partial charge in [0.1, 0.15) is 5.82 Å². The highest BCUT2D eigenvalue weighted by molar-refractivity contribution is 9.10. The van der Waals surface area contributed by atoms with Crippen LogP contribution in [-0.4, -0.2) is 5.91 Å². The van der Waals surface area contributed by atoms with Gasteiger partial charge in [-0.1, -0.05) is 6.07 Å². The van der Waals surface area contributed by atoms with Crippen LogP contribution in [-0.2, 0) is 0 Å². The number of anilines is 2. The van der Waals surface area contributed by atoms with Crippen LogP contribution in [0.15, 0.2) is 40.9 Å². The highest BCUT2D eigenvalue weighted by Crippen LogP contribution is 2.22. The maximum atomic E-state index is 13.2. The third kappa shape index (κ3) is 3.12. The van der Waals surface area contributed by atoms with Gasteiger partial charge >= 0.3 is 0 Å². The first-order chi connectivity index (χ1) is 8.97. The molecule has 0 bridgehead atoms. The van der Waals surface area contributed by atoms with Gasteiger partial charge in [-0.05, 0) is 58.7 Å². The predicted octanol–water partition coefficient (Wildman–Crippen LogP) is 3.73. The van der Waals surface area contributed by atoms with Gasteiger partial charge in [0.15, 0.2) is 0 Å². The van der Waals surface area contributed by atoms with Crippen LogP contribution in [0.3, 0.4) is 0 Å². The Balaban J connectivity index is 2.30. The summed E-state index contributed by atoms with van der Waals surface area (Å²) in [6.45, 7) is 1.80. The van der Waals surface area contributed by atoms with E-state index >= 15 is 0 Å². The summed E-state index contributed by atoms with van der Waals surface area (Å²) in [5.74, 6) is -0.736. The van der Waals surface area contributed by atoms with E-state index in [2.05, 4.69) is 21.2 Å². The second kappa shape index (κ2) is 5.40. The molecule has 19 heavy (non-hydrogen) atoms. The summed E-state index contributed by atoms with van der Waals surface area (Å²) in [4.78, 5) is 12.1. The van der Waals surface area contributed by atoms with Crippen LogP contribution in [0.4, 0.5) is 15.8 Å². The Kier molecular flexibility index (Phi) is 3.85. The highest BCUT2D eigenvalue weighted by atomic mass is 79.9. The molecule has 0 atom stereocenters. The second-order valence-electron chi connectivity index (χ2n) is 4.15. The number of nitrogen functional groups attached to an aromatic ring is 1. The Bertz CT molecular complexity index is 643. The van der Waals surface area contributed by atoms with Crippen LogP contribution in [0, 0.1) is 12.7 Å². The number of rotatable bonds is 2. The van der Waals surface area contributed by atoms with E-state index < -0.39 is 5.82 Å². The summed E-state index contributed by atoms with van der Waals surface area (Å²) < 4.78 is 13.8. The molecule has 0 saturated carbocycles. The highest BCUT2D eigenvalue weighted by Gasteiger charge is 2.12. The number of hydrogen-bond acceptors (Lipinski definition) is 2. The summed E-state index contributed by atoms with van der Waals surface area (Å²) in [5, 5.41) is 2.67. The van der Waals surface area contributed by atoms with E-state index in [1.54, 1.807) is 31.2 Å². The summed E-state index contributed by atoms with van der Waals surface area (Å²) in [7, 11) is 0. The maximum Gasteiger partial charge on any atom is 0.256 e. The second-order valence-corrected chi connectivity index (χ2v) is 5.01. The molecule has 3 nitrogen and oxygen atoms in total. The Morgan fingerprint density at radius 1 is 1.26 bits per heavy atom. The third-order valence-corrected chi connectivity index (χ3v) is 3.37. The standard InChI is InChI=1S/C14H12BrFN2O/c1-8-2-3-9(16)6-13(8)18-14(19)11-7-10(17)4-5-12(11)15/h2-7H,17H2,1H3,(H,18,19). The maximum absolute atomic E-state index is 13.2. The van der Waals surface area contributed by atoms with E-state index in [4.69, 9.17) is 5.73 Å². The number of hydrogen-bond donors (Lipinski definition) is 2. The van der Waals surface area contributed by atoms with Gasteiger partial charge in [-0.25, -0.2) is 4.39 Å². The lowest BCUT2D eigenvalue weighted by atomic mass is 10.1. The number of carbonyl (C=O) groups excluding carboxylic acids is 1. The largest absolute Gasteiger partial charge is 0.399 e. The van der Waals surface area contributed by atoms with Gasteiger partial charge in [0.2, 0.25) is 0 Å². The van der Waals surface area contributed by atoms with Crippen molar-refractivity contribution < 1.29 is 9.18 Å². The zero-order valence-electron chi connectivity index (χ0n) is 10.2. The molecule has 0 fully saturated rings. The zero-order valence-corrected chi connectivity index (χ0v) is 11.8. The molecule has 0 aliphatic rings. The lowest BCUT2D eigenvalue weighted by Crippen LogP contribution is -2.14. The van der Waals surface area contributed by atoms with Crippen LogP contribution in [0.1, 0.15) is 15.9 Å². The Morgan fingerprint density at radius 2 is 2.00 bits per heavy atom. The third-order valence-electron chi connectivity index (χ3n) is 2.68. The quantitative estimate of drug-likeness (QED) is 0.828. The van der Waals surface area contributed by atoms with E-state index in [-0.39, 0.29) is 5.91 Å². The number of carbonyl (C=O) groups is 1. The molecule has 98 valence electrons. The Morgan fingerprint density at radius 3 is 2.74 bits per heavy atom. The molecular weight excluding hydrogens is 311 g/mol. The van der Waals surface area contributed by atoms with Crippen molar-refractivity contribution in [2.24, 2.45) is 0 Å². The van der Waals surface area contributed by atoms with Crippen molar-refractivity contribution in [3.05, 3.63) is 57.8 Å². The first kappa shape index (κ1) is 13.5. The molecule has 0 aromatic heterocycles. The van der Waals surface area contributed by atoms with Crippen molar-refractivity contribution in [2.75, 3.05) is 11.1 Å². The van der Waals surface area contributed by atoms with Crippen LogP contribution < -0.4 is 11.1 Å². The average molecular weight is 323 g/mol. The van der Waals surface area contributed by atoms with Gasteiger partial charge in [0, 0.05) is 15.8 Å². The number of benzene rings is 2. The van der Waals surface area contributed by atoms with Gasteiger partial charge in [0.05, 0.1) is 5.56 Å². The monoisotopic (exact) mass is 322 g/mol. The zero-order chi connectivity index (χ0) is 14.0. The smallest absolute Gasteiger partial charge is 0.256 e. The topological polar surface area (TPSA) is 55.1 Å². The molecule has 0 unspecified atom stereocenters. The molecule has 0 saturated heterocycles. The van der Waals surface area contributed by atoms with Crippen molar-refractivity contribution in [3.8, 4) is 0 Å². The minimum absolute atomic E-state index is 0.340. The summed E-state index contributed by atoms with van der Waals surface area (Å²) in [6.07, 6.45) is 0. The van der Waals surface area contributed by atoms with E-state index in [9.17, 15) is 9.18 Å². The minimum Gasteiger partial charge on any atom is -0.399 e. The Hall–Kier alpha value is -1.88. The Labute approximate surface area is 118 Å². The molecule has 3 N–H and O–H groups in total. The molecule has 0 aliphatic carbocycles. The molecule has 0 aliphatic heterocycles. The van der Waals surface area contributed by atoms with Crippen LogP contribution in [0.2, 0.25) is 0 Å². The molecule has 0 heterocycles. The van der Waals surface area contributed by atoms with Crippen molar-refractivity contribution >= 4 is 33.2 Å². The van der Waals surface area contributed by atoms with Crippen molar-refractivity contribution in [2.45, 2.75) is 6.92 Å². The molecule has 2 aromatic carbocycles. The number of amides is 1. The van der Waals surface area contributed by atoms with Crippen LogP contribution >= 0.6 is 15.9 Å². The lowest BCUT2D eigenvalue weighted by molar-refractivity contribution is 0.102. The summed E-state index contributed by atoms with van der Waals surface area (Å²) in [5.41, 5.74) is 7.78. The fourth-order valence-corrected chi connectivity index (χ4v) is 2.06. The fourth-order valence-electron chi connectivity index (χ4n) is 1.64. The van der Waals surface area contributed by atoms with Crippen molar-refractivity contribution in [1.82, 2.24) is 0 Å². The fraction of sp³-hybridized carbons (Fsp3) is 0.0714. The van der Waals surface area contributed by atoms with Gasteiger partial charge in [0.25, 0.3) is 5.91 Å². The molecule has 5 heteroatoms. The minimum atomic E-state index is -0.396. The molecule has 0 spiro atoms. The van der Waals surface area contributed by atoms with E-state index in [1.807, 2.05) is 0 Å². The number of aryl methyl sites for hydroxylation is 1. The van der Waals surface area contributed by atoms with Gasteiger partial charge in [-0.15, -0.1) is 0 Å². The van der Waals surface area contributed by atoms with Crippen molar-refractivity contribution in [3.63, 3.8) is 0 Å². The van der Waals surface area contributed by atoms with Crippen LogP contribution in [0.25, 0.3) is 0 Å². The van der Waals surface area contributed by atoms with Gasteiger partial charge in [-0.2, -0.15) is 0 Å². The van der Waals surface area contributed by atoms with Gasteiger partial charge < -0.3 is 11.1 Å². The number of nitrogens with one attached hydrogen (secondary N) is 1. The average Bonchev–Trinajstić information content (AvgIpc) is 2.36. The molecule has 2 aromatic rings.